The van der Waals surface area contributed by atoms with Gasteiger partial charge in [-0.05, 0) is 36.5 Å². The van der Waals surface area contributed by atoms with Crippen LogP contribution in [-0.4, -0.2) is 23.0 Å². The van der Waals surface area contributed by atoms with E-state index in [0.29, 0.717) is 11.1 Å². The van der Waals surface area contributed by atoms with Crippen LogP contribution in [0.4, 0.5) is 5.69 Å². The third-order valence-corrected chi connectivity index (χ3v) is 4.16. The maximum atomic E-state index is 12.9. The van der Waals surface area contributed by atoms with Crippen molar-refractivity contribution in [3.63, 3.8) is 0 Å². The van der Waals surface area contributed by atoms with Crippen molar-refractivity contribution >= 4 is 34.7 Å². The summed E-state index contributed by atoms with van der Waals surface area (Å²) in [5.41, 5.74) is 1.70. The zero-order valence-electron chi connectivity index (χ0n) is 15.0. The van der Waals surface area contributed by atoms with E-state index in [1.807, 2.05) is 42.5 Å². The van der Waals surface area contributed by atoms with Crippen LogP contribution in [0.25, 0.3) is 0 Å². The molecule has 3 rings (SSSR count). The Labute approximate surface area is 168 Å². The molecule has 0 saturated heterocycles. The lowest BCUT2D eigenvalue weighted by Gasteiger charge is -2.21. The van der Waals surface area contributed by atoms with E-state index in [1.165, 1.54) is 0 Å². The lowest BCUT2D eigenvalue weighted by molar-refractivity contribution is 0.0850. The molecule has 0 heterocycles. The number of Topliss-reactive ketones (excluding diaryl/α,β-unsaturated/α-hetero) is 1. The van der Waals surface area contributed by atoms with Gasteiger partial charge in [-0.2, -0.15) is 0 Å². The van der Waals surface area contributed by atoms with Crippen LogP contribution in [0, 0.1) is 0 Å². The van der Waals surface area contributed by atoms with Gasteiger partial charge < -0.3 is 16.0 Å². The Morgan fingerprint density at radius 2 is 1.18 bits per heavy atom. The Hall–Kier alpha value is -3.51. The van der Waals surface area contributed by atoms with E-state index >= 15 is 0 Å². The van der Waals surface area contributed by atoms with Crippen molar-refractivity contribution in [2.24, 2.45) is 0 Å². The molecule has 0 saturated carbocycles. The number of amides is 1. The maximum Gasteiger partial charge on any atom is 0.253 e. The Morgan fingerprint density at radius 1 is 0.679 bits per heavy atom. The van der Waals surface area contributed by atoms with Gasteiger partial charge in [0.1, 0.15) is 0 Å². The number of anilines is 1. The summed E-state index contributed by atoms with van der Waals surface area (Å²) in [5, 5.41) is 8.86. The fourth-order valence-corrected chi connectivity index (χ4v) is 2.80. The van der Waals surface area contributed by atoms with Gasteiger partial charge in [-0.3, -0.25) is 9.59 Å². The van der Waals surface area contributed by atoms with Crippen LogP contribution >= 0.6 is 12.2 Å². The first kappa shape index (κ1) is 19.3. The zero-order chi connectivity index (χ0) is 19.8. The molecule has 0 aliphatic rings. The second-order valence-electron chi connectivity index (χ2n) is 5.97. The Balaban J connectivity index is 1.76. The number of hydrogen-bond donors (Lipinski definition) is 3. The van der Waals surface area contributed by atoms with Crippen molar-refractivity contribution < 1.29 is 9.59 Å². The highest BCUT2D eigenvalue weighted by Gasteiger charge is 2.23. The van der Waals surface area contributed by atoms with E-state index in [4.69, 9.17) is 12.2 Å². The minimum atomic E-state index is -1.01. The first-order valence-corrected chi connectivity index (χ1v) is 9.12. The van der Waals surface area contributed by atoms with Crippen LogP contribution < -0.4 is 16.0 Å². The van der Waals surface area contributed by atoms with E-state index in [-0.39, 0.29) is 16.8 Å². The molecule has 0 aliphatic heterocycles. The standard InChI is InChI=1S/C22H19N3O2S/c26-19(16-10-4-1-5-11-16)20(24-21(27)17-12-6-2-7-13-17)25-22(28)23-18-14-8-3-9-15-18/h1-15,20H,(H,24,27)(H2,23,25,28)/t20-/m1/s1. The fourth-order valence-electron chi connectivity index (χ4n) is 2.56. The van der Waals surface area contributed by atoms with E-state index in [0.717, 1.165) is 5.69 Å². The third-order valence-electron chi connectivity index (χ3n) is 3.94. The van der Waals surface area contributed by atoms with E-state index in [9.17, 15) is 9.59 Å². The smallest absolute Gasteiger partial charge is 0.253 e. The summed E-state index contributed by atoms with van der Waals surface area (Å²) in [7, 11) is 0. The van der Waals surface area contributed by atoms with E-state index in [2.05, 4.69) is 16.0 Å². The molecular formula is C22H19N3O2S. The number of thiocarbonyl (C=S) groups is 1. The van der Waals surface area contributed by atoms with Crippen molar-refractivity contribution in [1.82, 2.24) is 10.6 Å². The first-order valence-electron chi connectivity index (χ1n) is 8.71. The molecule has 0 fully saturated rings. The van der Waals surface area contributed by atoms with Crippen LogP contribution in [0.15, 0.2) is 91.0 Å². The molecule has 140 valence electrons. The molecule has 3 aromatic rings. The summed E-state index contributed by atoms with van der Waals surface area (Å²) in [6.45, 7) is 0. The van der Waals surface area contributed by atoms with E-state index < -0.39 is 6.17 Å². The van der Waals surface area contributed by atoms with Gasteiger partial charge in [0.05, 0.1) is 0 Å². The average Bonchev–Trinajstić information content (AvgIpc) is 2.74. The molecule has 6 heteroatoms. The Kier molecular flexibility index (Phi) is 6.49. The zero-order valence-corrected chi connectivity index (χ0v) is 15.8. The monoisotopic (exact) mass is 389 g/mol. The summed E-state index contributed by atoms with van der Waals surface area (Å²) < 4.78 is 0. The highest BCUT2D eigenvalue weighted by Crippen LogP contribution is 2.07. The van der Waals surface area contributed by atoms with Crippen LogP contribution in [0.2, 0.25) is 0 Å². The van der Waals surface area contributed by atoms with Crippen molar-refractivity contribution in [3.05, 3.63) is 102 Å². The van der Waals surface area contributed by atoms with Crippen LogP contribution in [-0.2, 0) is 0 Å². The topological polar surface area (TPSA) is 70.2 Å². The minimum Gasteiger partial charge on any atom is -0.336 e. The largest absolute Gasteiger partial charge is 0.336 e. The molecule has 0 aromatic heterocycles. The van der Waals surface area contributed by atoms with Crippen molar-refractivity contribution in [2.45, 2.75) is 6.17 Å². The van der Waals surface area contributed by atoms with Crippen molar-refractivity contribution in [1.29, 1.82) is 0 Å². The minimum absolute atomic E-state index is 0.230. The van der Waals surface area contributed by atoms with Gasteiger partial charge in [0.2, 0.25) is 5.78 Å². The summed E-state index contributed by atoms with van der Waals surface area (Å²) in [6.07, 6.45) is -1.01. The number of ketones is 1. The number of para-hydroxylation sites is 1. The van der Waals surface area contributed by atoms with Gasteiger partial charge >= 0.3 is 0 Å². The van der Waals surface area contributed by atoms with Crippen LogP contribution in [0.3, 0.4) is 0 Å². The Bertz CT molecular complexity index is 947. The summed E-state index contributed by atoms with van der Waals surface area (Å²) >= 11 is 5.33. The molecule has 3 N–H and O–H groups in total. The quantitative estimate of drug-likeness (QED) is 0.341. The number of rotatable bonds is 6. The normalized spacial score (nSPS) is 11.1. The predicted octanol–water partition coefficient (Wildman–Crippen LogP) is 3.61. The van der Waals surface area contributed by atoms with Crippen molar-refractivity contribution in [3.8, 4) is 0 Å². The maximum absolute atomic E-state index is 12.9. The molecule has 28 heavy (non-hydrogen) atoms. The van der Waals surface area contributed by atoms with Gasteiger partial charge in [-0.25, -0.2) is 0 Å². The molecule has 0 unspecified atom stereocenters. The van der Waals surface area contributed by atoms with Gasteiger partial charge in [-0.1, -0.05) is 66.7 Å². The van der Waals surface area contributed by atoms with Crippen LogP contribution in [0.1, 0.15) is 20.7 Å². The number of hydrogen-bond acceptors (Lipinski definition) is 3. The second kappa shape index (κ2) is 9.43. The molecule has 0 bridgehead atoms. The van der Waals surface area contributed by atoms with E-state index in [1.54, 1.807) is 48.5 Å². The molecule has 0 radical (unpaired) electrons. The summed E-state index contributed by atoms with van der Waals surface area (Å²) in [5.74, 6) is -0.660. The SMILES string of the molecule is O=C(N[C@H](NC(=S)Nc1ccccc1)C(=O)c1ccccc1)c1ccccc1. The number of benzene rings is 3. The first-order chi connectivity index (χ1) is 13.6. The number of carbonyl (C=O) groups excluding carboxylic acids is 2. The number of carbonyl (C=O) groups is 2. The molecule has 3 aromatic carbocycles. The van der Waals surface area contributed by atoms with Crippen LogP contribution in [0.5, 0.6) is 0 Å². The fraction of sp³-hybridized carbons (Fsp3) is 0.0455. The molecular weight excluding hydrogens is 370 g/mol. The highest BCUT2D eigenvalue weighted by molar-refractivity contribution is 7.80. The molecule has 1 atom stereocenters. The average molecular weight is 389 g/mol. The molecule has 0 aliphatic carbocycles. The summed E-state index contributed by atoms with van der Waals surface area (Å²) in [4.78, 5) is 25.5. The van der Waals surface area contributed by atoms with Gasteiger partial charge in [0, 0.05) is 16.8 Å². The Morgan fingerprint density at radius 3 is 1.75 bits per heavy atom. The third kappa shape index (κ3) is 5.25. The highest BCUT2D eigenvalue weighted by atomic mass is 32.1. The lowest BCUT2D eigenvalue weighted by atomic mass is 10.1. The predicted molar refractivity (Wildman–Crippen MR) is 114 cm³/mol. The van der Waals surface area contributed by atoms with Gasteiger partial charge in [0.15, 0.2) is 11.3 Å². The van der Waals surface area contributed by atoms with Crippen molar-refractivity contribution in [2.75, 3.05) is 5.32 Å². The molecule has 5 nitrogen and oxygen atoms in total. The van der Waals surface area contributed by atoms with Gasteiger partial charge in [-0.15, -0.1) is 0 Å². The second-order valence-corrected chi connectivity index (χ2v) is 6.38. The lowest BCUT2D eigenvalue weighted by Crippen LogP contribution is -2.53. The number of nitrogens with one attached hydrogen (secondary N) is 3. The van der Waals surface area contributed by atoms with Gasteiger partial charge in [0.25, 0.3) is 5.91 Å². The molecule has 0 spiro atoms. The summed E-state index contributed by atoms with van der Waals surface area (Å²) in [6, 6.07) is 26.8. The molecule has 1 amide bonds.